The van der Waals surface area contributed by atoms with Crippen molar-refractivity contribution in [2.45, 2.75) is 0 Å². The van der Waals surface area contributed by atoms with Crippen LogP contribution in [0.1, 0.15) is 10.5 Å². The standard InChI is InChI=1S/C18H17FN6O/c19-14-2-4-15(5-3-14)23-10-12-24(13-11-23)18(26)16-6-7-17(22-21-16)25-9-1-8-20-25/h1-9H,10-13H2. The zero-order valence-electron chi connectivity index (χ0n) is 14.0. The Morgan fingerprint density at radius 3 is 2.35 bits per heavy atom. The molecule has 1 saturated heterocycles. The molecule has 0 N–H and O–H groups in total. The fraction of sp³-hybridized carbons (Fsp3) is 0.222. The highest BCUT2D eigenvalue weighted by Crippen LogP contribution is 2.17. The van der Waals surface area contributed by atoms with Crippen molar-refractivity contribution in [3.63, 3.8) is 0 Å². The molecule has 3 heterocycles. The van der Waals surface area contributed by atoms with Crippen molar-refractivity contribution in [3.05, 3.63) is 66.4 Å². The molecule has 2 aromatic heterocycles. The molecular formula is C18H17FN6O. The zero-order valence-corrected chi connectivity index (χ0v) is 14.0. The summed E-state index contributed by atoms with van der Waals surface area (Å²) < 4.78 is 14.6. The highest BCUT2D eigenvalue weighted by atomic mass is 19.1. The van der Waals surface area contributed by atoms with E-state index >= 15 is 0 Å². The van der Waals surface area contributed by atoms with Gasteiger partial charge in [0.2, 0.25) is 0 Å². The van der Waals surface area contributed by atoms with Crippen LogP contribution in [0.2, 0.25) is 0 Å². The third-order valence-corrected chi connectivity index (χ3v) is 4.37. The monoisotopic (exact) mass is 352 g/mol. The summed E-state index contributed by atoms with van der Waals surface area (Å²) in [6, 6.07) is 11.6. The Morgan fingerprint density at radius 2 is 1.73 bits per heavy atom. The van der Waals surface area contributed by atoms with Crippen LogP contribution < -0.4 is 4.90 Å². The molecule has 0 saturated carbocycles. The first-order chi connectivity index (χ1) is 12.7. The molecular weight excluding hydrogens is 335 g/mol. The molecule has 1 aromatic carbocycles. The molecule has 0 spiro atoms. The van der Waals surface area contributed by atoms with Crippen LogP contribution in [0.4, 0.5) is 10.1 Å². The highest BCUT2D eigenvalue weighted by Gasteiger charge is 2.23. The first kappa shape index (κ1) is 16.2. The van der Waals surface area contributed by atoms with Gasteiger partial charge in [-0.15, -0.1) is 10.2 Å². The lowest BCUT2D eigenvalue weighted by molar-refractivity contribution is 0.0739. The van der Waals surface area contributed by atoms with E-state index in [2.05, 4.69) is 20.2 Å². The van der Waals surface area contributed by atoms with E-state index in [-0.39, 0.29) is 11.7 Å². The number of carbonyl (C=O) groups is 1. The van der Waals surface area contributed by atoms with E-state index in [0.29, 0.717) is 37.7 Å². The fourth-order valence-corrected chi connectivity index (χ4v) is 2.95. The van der Waals surface area contributed by atoms with Crippen LogP contribution in [0.3, 0.4) is 0 Å². The predicted octanol–water partition coefficient (Wildman–Crippen LogP) is 1.76. The number of anilines is 1. The summed E-state index contributed by atoms with van der Waals surface area (Å²) in [6.45, 7) is 2.55. The topological polar surface area (TPSA) is 67.2 Å². The second-order valence-electron chi connectivity index (χ2n) is 5.98. The lowest BCUT2D eigenvalue weighted by Gasteiger charge is -2.35. The quantitative estimate of drug-likeness (QED) is 0.719. The Morgan fingerprint density at radius 1 is 0.962 bits per heavy atom. The molecule has 0 aliphatic carbocycles. The third kappa shape index (κ3) is 3.26. The first-order valence-electron chi connectivity index (χ1n) is 8.34. The molecule has 7 nitrogen and oxygen atoms in total. The second kappa shape index (κ2) is 6.91. The summed E-state index contributed by atoms with van der Waals surface area (Å²) in [5.74, 6) is 0.177. The SMILES string of the molecule is O=C(c1ccc(-n2cccn2)nn1)N1CCN(c2ccc(F)cc2)CC1. The number of nitrogens with zero attached hydrogens (tertiary/aromatic N) is 6. The van der Waals surface area contributed by atoms with Gasteiger partial charge in [-0.25, -0.2) is 9.07 Å². The van der Waals surface area contributed by atoms with Crippen LogP contribution >= 0.6 is 0 Å². The summed E-state index contributed by atoms with van der Waals surface area (Å²) in [6.07, 6.45) is 3.42. The van der Waals surface area contributed by atoms with Gasteiger partial charge in [-0.2, -0.15) is 5.10 Å². The number of carbonyl (C=O) groups excluding carboxylic acids is 1. The molecule has 0 unspecified atom stereocenters. The van der Waals surface area contributed by atoms with Gasteiger partial charge >= 0.3 is 0 Å². The third-order valence-electron chi connectivity index (χ3n) is 4.37. The second-order valence-corrected chi connectivity index (χ2v) is 5.98. The molecule has 0 radical (unpaired) electrons. The molecule has 8 heteroatoms. The summed E-state index contributed by atoms with van der Waals surface area (Å²) in [7, 11) is 0. The Labute approximate surface area is 149 Å². The number of rotatable bonds is 3. The van der Waals surface area contributed by atoms with Gasteiger partial charge in [0, 0.05) is 44.3 Å². The lowest BCUT2D eigenvalue weighted by atomic mass is 10.2. The van der Waals surface area contributed by atoms with Crippen LogP contribution in [0.5, 0.6) is 0 Å². The van der Waals surface area contributed by atoms with Crippen LogP contribution in [-0.4, -0.2) is 57.0 Å². The summed E-state index contributed by atoms with van der Waals surface area (Å²) in [4.78, 5) is 16.5. The van der Waals surface area contributed by atoms with E-state index in [1.165, 1.54) is 12.1 Å². The smallest absolute Gasteiger partial charge is 0.274 e. The fourth-order valence-electron chi connectivity index (χ4n) is 2.95. The maximum atomic E-state index is 13.0. The molecule has 3 aromatic rings. The minimum Gasteiger partial charge on any atom is -0.368 e. The Hall–Kier alpha value is -3.29. The Kier molecular flexibility index (Phi) is 4.30. The van der Waals surface area contributed by atoms with Crippen molar-refractivity contribution in [1.29, 1.82) is 0 Å². The molecule has 1 amide bonds. The van der Waals surface area contributed by atoms with Gasteiger partial charge in [-0.3, -0.25) is 4.79 Å². The van der Waals surface area contributed by atoms with Gasteiger partial charge < -0.3 is 9.80 Å². The highest BCUT2D eigenvalue weighted by molar-refractivity contribution is 5.92. The summed E-state index contributed by atoms with van der Waals surface area (Å²) in [5.41, 5.74) is 1.28. The number of hydrogen-bond donors (Lipinski definition) is 0. The number of hydrogen-bond acceptors (Lipinski definition) is 5. The van der Waals surface area contributed by atoms with E-state index in [0.717, 1.165) is 5.69 Å². The maximum Gasteiger partial charge on any atom is 0.274 e. The molecule has 132 valence electrons. The van der Waals surface area contributed by atoms with Crippen LogP contribution in [0.15, 0.2) is 54.9 Å². The minimum absolute atomic E-state index is 0.136. The van der Waals surface area contributed by atoms with E-state index in [4.69, 9.17) is 0 Å². The molecule has 1 aliphatic heterocycles. The number of piperazine rings is 1. The summed E-state index contributed by atoms with van der Waals surface area (Å²) in [5, 5.41) is 12.2. The van der Waals surface area contributed by atoms with Crippen LogP contribution in [0.25, 0.3) is 5.82 Å². The van der Waals surface area contributed by atoms with Gasteiger partial charge in [0.15, 0.2) is 11.5 Å². The van der Waals surface area contributed by atoms with Crippen molar-refractivity contribution in [3.8, 4) is 5.82 Å². The molecule has 1 fully saturated rings. The number of benzene rings is 1. The molecule has 0 bridgehead atoms. The van der Waals surface area contributed by atoms with Crippen molar-refractivity contribution in [1.82, 2.24) is 24.9 Å². The molecule has 0 atom stereocenters. The van der Waals surface area contributed by atoms with Crippen molar-refractivity contribution >= 4 is 11.6 Å². The van der Waals surface area contributed by atoms with Gasteiger partial charge in [-0.05, 0) is 42.5 Å². The normalized spacial score (nSPS) is 14.5. The first-order valence-corrected chi connectivity index (χ1v) is 8.34. The van der Waals surface area contributed by atoms with Gasteiger partial charge in [-0.1, -0.05) is 0 Å². The summed E-state index contributed by atoms with van der Waals surface area (Å²) >= 11 is 0. The number of aromatic nitrogens is 4. The Bertz CT molecular complexity index is 871. The van der Waals surface area contributed by atoms with Crippen molar-refractivity contribution < 1.29 is 9.18 Å². The molecule has 4 rings (SSSR count). The van der Waals surface area contributed by atoms with Crippen molar-refractivity contribution in [2.24, 2.45) is 0 Å². The van der Waals surface area contributed by atoms with E-state index in [9.17, 15) is 9.18 Å². The minimum atomic E-state index is -0.250. The van der Waals surface area contributed by atoms with E-state index < -0.39 is 0 Å². The molecule has 1 aliphatic rings. The van der Waals surface area contributed by atoms with Crippen molar-refractivity contribution in [2.75, 3.05) is 31.1 Å². The van der Waals surface area contributed by atoms with Gasteiger partial charge in [0.05, 0.1) is 0 Å². The van der Waals surface area contributed by atoms with Gasteiger partial charge in [0.25, 0.3) is 5.91 Å². The van der Waals surface area contributed by atoms with E-state index in [1.807, 2.05) is 0 Å². The van der Waals surface area contributed by atoms with Crippen LogP contribution in [-0.2, 0) is 0 Å². The number of halogens is 1. The average molecular weight is 352 g/mol. The van der Waals surface area contributed by atoms with E-state index in [1.54, 1.807) is 52.3 Å². The molecule has 26 heavy (non-hydrogen) atoms. The van der Waals surface area contributed by atoms with Crippen LogP contribution in [0, 0.1) is 5.82 Å². The van der Waals surface area contributed by atoms with Gasteiger partial charge in [0.1, 0.15) is 5.82 Å². The number of amides is 1. The zero-order chi connectivity index (χ0) is 17.9. The Balaban J connectivity index is 1.39. The lowest BCUT2D eigenvalue weighted by Crippen LogP contribution is -2.49. The predicted molar refractivity (Wildman–Crippen MR) is 93.7 cm³/mol. The maximum absolute atomic E-state index is 13.0. The average Bonchev–Trinajstić information content (AvgIpc) is 3.23. The largest absolute Gasteiger partial charge is 0.368 e.